The van der Waals surface area contributed by atoms with E-state index in [4.69, 9.17) is 21.3 Å². The fraction of sp³-hybridized carbons (Fsp3) is 0.277. The molecule has 9 rings (SSSR count). The predicted molar refractivity (Wildman–Crippen MR) is 242 cm³/mol. The number of rotatable bonds is 10. The van der Waals surface area contributed by atoms with Crippen molar-refractivity contribution < 1.29 is 23.9 Å². The Morgan fingerprint density at radius 3 is 2.31 bits per heavy atom. The molecule has 0 bridgehead atoms. The van der Waals surface area contributed by atoms with Gasteiger partial charge in [0.1, 0.15) is 5.82 Å². The van der Waals surface area contributed by atoms with Crippen molar-refractivity contribution in [3.63, 3.8) is 0 Å². The highest BCUT2D eigenvalue weighted by atomic mass is 35.5. The number of nitrogens with one attached hydrogen (secondary N) is 1. The lowest BCUT2D eigenvalue weighted by molar-refractivity contribution is -0.134. The van der Waals surface area contributed by atoms with Crippen LogP contribution in [0.15, 0.2) is 102 Å². The lowest BCUT2D eigenvalue weighted by Gasteiger charge is -2.36. The molecular weight excluding hydrogens is 836 g/mol. The Kier molecular flexibility index (Phi) is 11.4. The van der Waals surface area contributed by atoms with Crippen LogP contribution in [0.5, 0.6) is 6.01 Å². The molecule has 5 amide bonds. The molecular formula is C47H45ClN10O6. The van der Waals surface area contributed by atoms with Crippen LogP contribution in [0.1, 0.15) is 47.2 Å². The van der Waals surface area contributed by atoms with Crippen molar-refractivity contribution in [2.75, 3.05) is 61.1 Å². The zero-order valence-corrected chi connectivity index (χ0v) is 36.3. The minimum absolute atomic E-state index is 0.149. The van der Waals surface area contributed by atoms with Crippen LogP contribution in [-0.2, 0) is 23.1 Å². The van der Waals surface area contributed by atoms with Gasteiger partial charge in [-0.3, -0.25) is 34.5 Å². The normalized spacial score (nSPS) is 16.7. The monoisotopic (exact) mass is 880 g/mol. The first-order chi connectivity index (χ1) is 31.0. The Morgan fingerprint density at radius 1 is 0.828 bits per heavy atom. The van der Waals surface area contributed by atoms with Crippen molar-refractivity contribution in [2.24, 2.45) is 7.05 Å². The Morgan fingerprint density at radius 2 is 1.59 bits per heavy atom. The number of nitrogens with zero attached hydrogens (tertiary/aromatic N) is 9. The number of halogens is 1. The maximum absolute atomic E-state index is 13.9. The van der Waals surface area contributed by atoms with Gasteiger partial charge in [0.25, 0.3) is 5.91 Å². The third kappa shape index (κ3) is 7.74. The van der Waals surface area contributed by atoms with E-state index in [2.05, 4.69) is 32.4 Å². The number of carbonyl (C=O) groups excluding carboxylic acids is 4. The number of piperazine rings is 1. The first-order valence-electron chi connectivity index (χ1n) is 21.1. The van der Waals surface area contributed by atoms with E-state index in [1.54, 1.807) is 58.5 Å². The molecule has 17 heteroatoms. The van der Waals surface area contributed by atoms with Crippen LogP contribution in [0, 0.1) is 0 Å². The summed E-state index contributed by atoms with van der Waals surface area (Å²) in [6, 6.07) is 24.6. The topological polar surface area (TPSA) is 168 Å². The standard InChI is InChI=1S/C47H45ClN10O6/c1-4-34-36(17-19-50-42(34)57-25-24-56(47(57)63)33-6-5-18-49-28-33)35-13-12-32(58-45(64-3)52-53(2)46(58)62)27-38(35)29-7-10-31(11-8-29)54-20-22-55(23-21-54)44(61)30-9-15-40(48)39(26-30)37-14-16-41(59)51-43(37)60/h5-13,15,17-19,26-28,37H,4,14,16,20-25H2,1-3H3,(H,51,59,60). The molecule has 64 heavy (non-hydrogen) atoms. The summed E-state index contributed by atoms with van der Waals surface area (Å²) in [6.45, 7) is 5.15. The summed E-state index contributed by atoms with van der Waals surface area (Å²) < 4.78 is 8.17. The summed E-state index contributed by atoms with van der Waals surface area (Å²) in [4.78, 5) is 81.8. The Balaban J connectivity index is 0.996. The molecule has 16 nitrogen and oxygen atoms in total. The van der Waals surface area contributed by atoms with Crippen LogP contribution in [0.3, 0.4) is 0 Å². The van der Waals surface area contributed by atoms with Gasteiger partial charge in [-0.05, 0) is 101 Å². The molecule has 6 heterocycles. The van der Waals surface area contributed by atoms with Gasteiger partial charge in [-0.2, -0.15) is 0 Å². The zero-order chi connectivity index (χ0) is 44.6. The van der Waals surface area contributed by atoms with Crippen molar-refractivity contribution in [3.05, 3.63) is 130 Å². The fourth-order valence-electron chi connectivity index (χ4n) is 8.88. The Labute approximate surface area is 373 Å². The molecule has 1 unspecified atom stereocenters. The minimum atomic E-state index is -0.598. The number of aromatic nitrogens is 5. The first kappa shape index (κ1) is 42.0. The summed E-state index contributed by atoms with van der Waals surface area (Å²) in [6.07, 6.45) is 6.24. The minimum Gasteiger partial charge on any atom is -0.467 e. The van der Waals surface area contributed by atoms with Gasteiger partial charge in [0.2, 0.25) is 11.8 Å². The number of hydrogen-bond acceptors (Lipinski definition) is 10. The number of hydrogen-bond donors (Lipinski definition) is 1. The van der Waals surface area contributed by atoms with Crippen LogP contribution in [0.2, 0.25) is 5.02 Å². The highest BCUT2D eigenvalue weighted by Crippen LogP contribution is 2.40. The van der Waals surface area contributed by atoms with Crippen LogP contribution >= 0.6 is 11.6 Å². The average Bonchev–Trinajstić information content (AvgIpc) is 3.85. The number of piperidine rings is 1. The summed E-state index contributed by atoms with van der Waals surface area (Å²) in [5.74, 6) is -0.874. The molecule has 1 N–H and O–H groups in total. The maximum atomic E-state index is 13.9. The number of urea groups is 1. The van der Waals surface area contributed by atoms with Crippen molar-refractivity contribution in [1.82, 2.24) is 34.5 Å². The van der Waals surface area contributed by atoms with Crippen LogP contribution in [0.25, 0.3) is 27.9 Å². The van der Waals surface area contributed by atoms with Crippen molar-refractivity contribution >= 4 is 52.5 Å². The first-order valence-corrected chi connectivity index (χ1v) is 21.5. The van der Waals surface area contributed by atoms with E-state index in [9.17, 15) is 24.0 Å². The summed E-state index contributed by atoms with van der Waals surface area (Å²) in [7, 11) is 3.05. The van der Waals surface area contributed by atoms with Crippen molar-refractivity contribution in [2.45, 2.75) is 32.1 Å². The SMILES string of the molecule is CCc1c(-c2ccc(-n3c(OC)nn(C)c3=O)cc2-c2ccc(N3CCN(C(=O)c4ccc(Cl)c(C5CCC(=O)NC5=O)c4)CC3)cc2)ccnc1N1CCN(c2cccnc2)C1=O. The van der Waals surface area contributed by atoms with Gasteiger partial charge in [-0.1, -0.05) is 36.7 Å². The van der Waals surface area contributed by atoms with Crippen molar-refractivity contribution in [3.8, 4) is 34.0 Å². The van der Waals surface area contributed by atoms with Crippen LogP contribution in [0.4, 0.5) is 22.0 Å². The number of imide groups is 1. The number of pyridine rings is 2. The highest BCUT2D eigenvalue weighted by Gasteiger charge is 2.34. The number of carbonyl (C=O) groups is 4. The van der Waals surface area contributed by atoms with Gasteiger partial charge in [-0.15, -0.1) is 5.10 Å². The number of anilines is 3. The number of amides is 5. The largest absolute Gasteiger partial charge is 0.467 e. The molecule has 1 atom stereocenters. The summed E-state index contributed by atoms with van der Waals surface area (Å²) in [5, 5.41) is 7.02. The number of methoxy groups -OCH3 is 1. The third-order valence-electron chi connectivity index (χ3n) is 12.2. The van der Waals surface area contributed by atoms with Gasteiger partial charge < -0.3 is 14.5 Å². The van der Waals surface area contributed by atoms with E-state index in [1.165, 1.54) is 16.4 Å². The van der Waals surface area contributed by atoms with E-state index in [0.29, 0.717) is 79.8 Å². The van der Waals surface area contributed by atoms with Gasteiger partial charge >= 0.3 is 17.7 Å². The molecule has 0 saturated carbocycles. The second kappa shape index (κ2) is 17.4. The van der Waals surface area contributed by atoms with Gasteiger partial charge in [0.15, 0.2) is 0 Å². The molecule has 3 aromatic carbocycles. The van der Waals surface area contributed by atoms with Crippen LogP contribution < -0.4 is 30.4 Å². The maximum Gasteiger partial charge on any atom is 0.353 e. The molecule has 6 aromatic rings. The van der Waals surface area contributed by atoms with E-state index in [-0.39, 0.29) is 36.0 Å². The Bertz CT molecular complexity index is 2860. The molecule has 3 fully saturated rings. The van der Waals surface area contributed by atoms with E-state index in [1.807, 2.05) is 55.5 Å². The fourth-order valence-corrected chi connectivity index (χ4v) is 9.13. The third-order valence-corrected chi connectivity index (χ3v) is 12.6. The molecule has 0 aliphatic carbocycles. The van der Waals surface area contributed by atoms with Gasteiger partial charge in [-0.25, -0.2) is 23.8 Å². The predicted octanol–water partition coefficient (Wildman–Crippen LogP) is 5.85. The zero-order valence-electron chi connectivity index (χ0n) is 35.5. The lowest BCUT2D eigenvalue weighted by atomic mass is 9.89. The van der Waals surface area contributed by atoms with Crippen LogP contribution in [-0.4, -0.2) is 99.3 Å². The van der Waals surface area contributed by atoms with Gasteiger partial charge in [0.05, 0.1) is 30.6 Å². The second-order valence-electron chi connectivity index (χ2n) is 15.8. The second-order valence-corrected chi connectivity index (χ2v) is 16.2. The van der Waals surface area contributed by atoms with E-state index in [0.717, 1.165) is 39.2 Å². The number of ether oxygens (including phenoxy) is 1. The number of benzene rings is 3. The summed E-state index contributed by atoms with van der Waals surface area (Å²) in [5.41, 5.74) is 7.33. The van der Waals surface area contributed by atoms with Gasteiger partial charge in [0, 0.05) is 87.0 Å². The Hall–Kier alpha value is -7.33. The number of aryl methyl sites for hydroxylation is 1. The smallest absolute Gasteiger partial charge is 0.353 e. The molecule has 3 aromatic heterocycles. The van der Waals surface area contributed by atoms with Crippen molar-refractivity contribution in [1.29, 1.82) is 0 Å². The molecule has 3 saturated heterocycles. The average molecular weight is 881 g/mol. The molecule has 0 radical (unpaired) electrons. The van der Waals surface area contributed by atoms with E-state index >= 15 is 0 Å². The van der Waals surface area contributed by atoms with E-state index < -0.39 is 11.8 Å². The molecule has 326 valence electrons. The quantitative estimate of drug-likeness (QED) is 0.165. The highest BCUT2D eigenvalue weighted by molar-refractivity contribution is 6.32. The lowest BCUT2D eigenvalue weighted by Crippen LogP contribution is -2.48. The molecule has 3 aliphatic heterocycles. The molecule has 3 aliphatic rings. The molecule has 0 spiro atoms. The summed E-state index contributed by atoms with van der Waals surface area (Å²) >= 11 is 6.49.